The summed E-state index contributed by atoms with van der Waals surface area (Å²) in [5.41, 5.74) is 3.08. The Bertz CT molecular complexity index is 1600. The van der Waals surface area contributed by atoms with Crippen LogP contribution in [0.15, 0.2) is 71.9 Å². The third-order valence-electron chi connectivity index (χ3n) is 6.74. The van der Waals surface area contributed by atoms with Gasteiger partial charge >= 0.3 is 5.97 Å². The first kappa shape index (κ1) is 27.8. The fraction of sp³-hybridized carbons (Fsp3) is 0.345. The molecule has 10 nitrogen and oxygen atoms in total. The SMILES string of the molecule is CC(C)(C)C(=O)ON1CCN(Cc2ccc(Nc3ncc4ccn(-c5ccc(S(C)(=O)=O)cc5)c4n3)cc2)CC1. The molecule has 0 saturated carbocycles. The van der Waals surface area contributed by atoms with Gasteiger partial charge in [0.1, 0.15) is 5.65 Å². The molecule has 40 heavy (non-hydrogen) atoms. The van der Waals surface area contributed by atoms with Crippen LogP contribution in [0.4, 0.5) is 11.6 Å². The summed E-state index contributed by atoms with van der Waals surface area (Å²) in [4.78, 5) is 29.4. The standard InChI is InChI=1S/C29H34N6O4S/c1-29(2,3)27(36)39-34-17-15-33(16-18-34)20-21-5-7-23(8-6-21)31-28-30-19-22-13-14-35(26(22)32-28)24-9-11-25(12-10-24)40(4,37)38/h5-14,19H,15-18,20H2,1-4H3,(H,30,31,32). The monoisotopic (exact) mass is 562 g/mol. The van der Waals surface area contributed by atoms with Crippen LogP contribution in [-0.4, -0.2) is 71.3 Å². The van der Waals surface area contributed by atoms with Gasteiger partial charge in [-0.05, 0) is 68.8 Å². The van der Waals surface area contributed by atoms with Crippen molar-refractivity contribution in [1.82, 2.24) is 24.5 Å². The molecule has 3 heterocycles. The lowest BCUT2D eigenvalue weighted by Crippen LogP contribution is -2.47. The Morgan fingerprint density at radius 1 is 0.975 bits per heavy atom. The minimum atomic E-state index is -3.26. The second-order valence-electron chi connectivity index (χ2n) is 11.1. The van der Waals surface area contributed by atoms with Crippen LogP contribution in [0.5, 0.6) is 0 Å². The Hall–Kier alpha value is -3.80. The van der Waals surface area contributed by atoms with Crippen molar-refractivity contribution in [3.63, 3.8) is 0 Å². The van der Waals surface area contributed by atoms with Gasteiger partial charge in [-0.25, -0.2) is 18.2 Å². The predicted molar refractivity (Wildman–Crippen MR) is 154 cm³/mol. The number of carbonyl (C=O) groups is 1. The summed E-state index contributed by atoms with van der Waals surface area (Å²) < 4.78 is 25.5. The van der Waals surface area contributed by atoms with Crippen LogP contribution in [-0.2, 0) is 26.0 Å². The summed E-state index contributed by atoms with van der Waals surface area (Å²) in [6.07, 6.45) is 4.85. The molecule has 1 aliphatic rings. The minimum absolute atomic E-state index is 0.205. The van der Waals surface area contributed by atoms with Crippen LogP contribution >= 0.6 is 0 Å². The number of fused-ring (bicyclic) bond motifs is 1. The Labute approximate surface area is 234 Å². The van der Waals surface area contributed by atoms with Gasteiger partial charge in [0, 0.05) is 68.1 Å². The molecular weight excluding hydrogens is 528 g/mol. The summed E-state index contributed by atoms with van der Waals surface area (Å²) in [5, 5.41) is 5.91. The molecule has 5 rings (SSSR count). The number of rotatable bonds is 7. The van der Waals surface area contributed by atoms with Gasteiger partial charge in [-0.3, -0.25) is 4.90 Å². The molecular formula is C29H34N6O4S. The van der Waals surface area contributed by atoms with Crippen molar-refractivity contribution in [3.05, 3.63) is 72.6 Å². The van der Waals surface area contributed by atoms with Gasteiger partial charge < -0.3 is 14.7 Å². The molecule has 0 amide bonds. The van der Waals surface area contributed by atoms with Crippen LogP contribution in [0.3, 0.4) is 0 Å². The van der Waals surface area contributed by atoms with Crippen molar-refractivity contribution in [3.8, 4) is 5.69 Å². The topological polar surface area (TPSA) is 110 Å². The molecule has 4 aromatic rings. The Balaban J connectivity index is 1.20. The molecule has 1 N–H and O–H groups in total. The molecule has 11 heteroatoms. The highest BCUT2D eigenvalue weighted by atomic mass is 32.2. The van der Waals surface area contributed by atoms with Gasteiger partial charge in [0.05, 0.1) is 10.3 Å². The van der Waals surface area contributed by atoms with E-state index >= 15 is 0 Å². The molecule has 0 aliphatic carbocycles. The summed E-state index contributed by atoms with van der Waals surface area (Å²) in [6.45, 7) is 9.40. The van der Waals surface area contributed by atoms with Crippen LogP contribution < -0.4 is 5.32 Å². The van der Waals surface area contributed by atoms with Gasteiger partial charge in [-0.1, -0.05) is 12.1 Å². The summed E-state index contributed by atoms with van der Waals surface area (Å²) in [7, 11) is -3.26. The lowest BCUT2D eigenvalue weighted by molar-refractivity contribution is -0.207. The molecule has 1 saturated heterocycles. The van der Waals surface area contributed by atoms with Crippen LogP contribution in [0, 0.1) is 5.41 Å². The molecule has 210 valence electrons. The van der Waals surface area contributed by atoms with Crippen molar-refractivity contribution in [1.29, 1.82) is 0 Å². The van der Waals surface area contributed by atoms with E-state index in [1.54, 1.807) is 35.5 Å². The smallest absolute Gasteiger partial charge is 0.330 e. The average molecular weight is 563 g/mol. The fourth-order valence-electron chi connectivity index (χ4n) is 4.35. The number of anilines is 2. The van der Waals surface area contributed by atoms with E-state index in [9.17, 15) is 13.2 Å². The van der Waals surface area contributed by atoms with Crippen molar-refractivity contribution < 1.29 is 18.0 Å². The van der Waals surface area contributed by atoms with E-state index in [0.29, 0.717) is 24.7 Å². The number of hydroxylamine groups is 2. The van der Waals surface area contributed by atoms with Gasteiger partial charge in [0.25, 0.3) is 0 Å². The fourth-order valence-corrected chi connectivity index (χ4v) is 4.98. The Morgan fingerprint density at radius 3 is 2.27 bits per heavy atom. The first-order chi connectivity index (χ1) is 19.0. The summed E-state index contributed by atoms with van der Waals surface area (Å²) in [5.74, 6) is 0.262. The highest BCUT2D eigenvalue weighted by Crippen LogP contribution is 2.23. The van der Waals surface area contributed by atoms with Gasteiger partial charge in [0.15, 0.2) is 9.84 Å². The van der Waals surface area contributed by atoms with E-state index in [-0.39, 0.29) is 10.9 Å². The number of carbonyl (C=O) groups excluding carboxylic acids is 1. The highest BCUT2D eigenvalue weighted by Gasteiger charge is 2.27. The second kappa shape index (κ2) is 11.0. The first-order valence-electron chi connectivity index (χ1n) is 13.2. The number of nitrogens with zero attached hydrogens (tertiary/aromatic N) is 5. The quantitative estimate of drug-likeness (QED) is 0.355. The Morgan fingerprint density at radius 2 is 1.65 bits per heavy atom. The Kier molecular flexibility index (Phi) is 7.63. The van der Waals surface area contributed by atoms with E-state index in [1.165, 1.54) is 11.8 Å². The van der Waals surface area contributed by atoms with Gasteiger partial charge in [0.2, 0.25) is 5.95 Å². The lowest BCUT2D eigenvalue weighted by atomic mass is 9.98. The van der Waals surface area contributed by atoms with Crippen LogP contribution in [0.1, 0.15) is 26.3 Å². The molecule has 1 aliphatic heterocycles. The van der Waals surface area contributed by atoms with E-state index in [1.807, 2.05) is 49.7 Å². The number of hydrogen-bond donors (Lipinski definition) is 1. The maximum Gasteiger partial charge on any atom is 0.330 e. The van der Waals surface area contributed by atoms with E-state index < -0.39 is 15.3 Å². The summed E-state index contributed by atoms with van der Waals surface area (Å²) in [6, 6.07) is 16.8. The van der Waals surface area contributed by atoms with Crippen molar-refractivity contribution >= 4 is 38.5 Å². The largest absolute Gasteiger partial charge is 0.367 e. The second-order valence-corrected chi connectivity index (χ2v) is 13.1. The third-order valence-corrected chi connectivity index (χ3v) is 7.87. The minimum Gasteiger partial charge on any atom is -0.367 e. The highest BCUT2D eigenvalue weighted by molar-refractivity contribution is 7.90. The number of nitrogens with one attached hydrogen (secondary N) is 1. The van der Waals surface area contributed by atoms with Crippen molar-refractivity contribution in [2.75, 3.05) is 37.8 Å². The number of benzene rings is 2. The average Bonchev–Trinajstić information content (AvgIpc) is 3.33. The zero-order valence-electron chi connectivity index (χ0n) is 23.2. The number of hydrogen-bond acceptors (Lipinski definition) is 9. The predicted octanol–water partition coefficient (Wildman–Crippen LogP) is 4.19. The zero-order valence-corrected chi connectivity index (χ0v) is 24.0. The van der Waals surface area contributed by atoms with E-state index in [4.69, 9.17) is 9.82 Å². The van der Waals surface area contributed by atoms with Crippen molar-refractivity contribution in [2.24, 2.45) is 5.41 Å². The third kappa shape index (κ3) is 6.49. The molecule has 0 radical (unpaired) electrons. The number of piperazine rings is 1. The molecule has 0 spiro atoms. The van der Waals surface area contributed by atoms with Gasteiger partial charge in [-0.15, -0.1) is 5.06 Å². The first-order valence-corrected chi connectivity index (χ1v) is 15.1. The normalized spacial score (nSPS) is 15.3. The number of aromatic nitrogens is 3. The van der Waals surface area contributed by atoms with Gasteiger partial charge in [-0.2, -0.15) is 4.98 Å². The molecule has 0 unspecified atom stereocenters. The molecule has 2 aromatic carbocycles. The van der Waals surface area contributed by atoms with Crippen LogP contribution in [0.2, 0.25) is 0 Å². The number of sulfone groups is 1. The maximum atomic E-state index is 12.1. The molecule has 2 aromatic heterocycles. The molecule has 1 fully saturated rings. The van der Waals surface area contributed by atoms with E-state index in [0.717, 1.165) is 36.4 Å². The van der Waals surface area contributed by atoms with Crippen LogP contribution in [0.25, 0.3) is 16.7 Å². The molecule has 0 bridgehead atoms. The van der Waals surface area contributed by atoms with Crippen molar-refractivity contribution in [2.45, 2.75) is 32.2 Å². The van der Waals surface area contributed by atoms with E-state index in [2.05, 4.69) is 27.3 Å². The lowest BCUT2D eigenvalue weighted by Gasteiger charge is -2.34. The maximum absolute atomic E-state index is 12.1. The zero-order chi connectivity index (χ0) is 28.5. The molecule has 0 atom stereocenters. The summed E-state index contributed by atoms with van der Waals surface area (Å²) >= 11 is 0.